The van der Waals surface area contributed by atoms with Crippen molar-refractivity contribution in [2.75, 3.05) is 44.7 Å². The van der Waals surface area contributed by atoms with Gasteiger partial charge in [-0.05, 0) is 62.5 Å². The summed E-state index contributed by atoms with van der Waals surface area (Å²) in [6.07, 6.45) is 5.81. The highest BCUT2D eigenvalue weighted by Gasteiger charge is 2.23. The molecule has 0 radical (unpaired) electrons. The Morgan fingerprint density at radius 1 is 1.18 bits per heavy atom. The number of nitrogens with zero attached hydrogens (tertiary/aromatic N) is 6. The second-order valence-corrected chi connectivity index (χ2v) is 10.9. The molecule has 1 fully saturated rings. The minimum atomic E-state index is -0.102. The third-order valence-electron chi connectivity index (χ3n) is 7.59. The molecular formula is C29H37N7O2S. The fourth-order valence-corrected chi connectivity index (χ4v) is 5.89. The number of hydrogen-bond donors (Lipinski definition) is 1. The lowest BCUT2D eigenvalue weighted by molar-refractivity contribution is 0.0817. The van der Waals surface area contributed by atoms with Crippen molar-refractivity contribution in [3.05, 3.63) is 53.7 Å². The zero-order valence-corrected chi connectivity index (χ0v) is 23.9. The number of ether oxygens (including phenoxy) is 1. The third kappa shape index (κ3) is 5.98. The van der Waals surface area contributed by atoms with Gasteiger partial charge in [0.05, 0.1) is 34.1 Å². The molecule has 1 N–H and O–H groups in total. The normalized spacial score (nSPS) is 15.3. The van der Waals surface area contributed by atoms with Crippen LogP contribution >= 0.6 is 11.3 Å². The number of likely N-dealkylation sites (N-methyl/N-ethyl adjacent to an activating group) is 1. The molecular weight excluding hydrogens is 510 g/mol. The minimum absolute atomic E-state index is 0.102. The number of amides is 1. The number of piperidine rings is 1. The fraction of sp³-hybridized carbons (Fsp3) is 0.448. The van der Waals surface area contributed by atoms with Crippen LogP contribution in [0.1, 0.15) is 44.0 Å². The van der Waals surface area contributed by atoms with Crippen molar-refractivity contribution in [2.24, 2.45) is 0 Å². The first-order valence-electron chi connectivity index (χ1n) is 13.7. The number of nitrogens with one attached hydrogen (secondary N) is 1. The van der Waals surface area contributed by atoms with Crippen molar-refractivity contribution in [2.45, 2.75) is 45.8 Å². The molecule has 1 saturated heterocycles. The number of pyridine rings is 1. The summed E-state index contributed by atoms with van der Waals surface area (Å²) in [7, 11) is 1.77. The van der Waals surface area contributed by atoms with E-state index in [1.165, 1.54) is 0 Å². The number of fused-ring (bicyclic) bond motifs is 1. The zero-order valence-electron chi connectivity index (χ0n) is 23.1. The highest BCUT2D eigenvalue weighted by atomic mass is 32.1. The summed E-state index contributed by atoms with van der Waals surface area (Å²) in [6.45, 7) is 10.6. The number of carbonyl (C=O) groups is 1. The summed E-state index contributed by atoms with van der Waals surface area (Å²) in [5.74, 6) is 0.687. The van der Waals surface area contributed by atoms with Gasteiger partial charge in [0.1, 0.15) is 5.82 Å². The predicted octanol–water partition coefficient (Wildman–Crippen LogP) is 4.60. The topological polar surface area (TPSA) is 87.9 Å². The van der Waals surface area contributed by atoms with Crippen molar-refractivity contribution in [1.82, 2.24) is 29.8 Å². The first kappa shape index (κ1) is 27.2. The van der Waals surface area contributed by atoms with Crippen LogP contribution in [0.25, 0.3) is 27.5 Å². The van der Waals surface area contributed by atoms with E-state index in [0.29, 0.717) is 23.4 Å². The second kappa shape index (κ2) is 12.2. The van der Waals surface area contributed by atoms with E-state index in [9.17, 15) is 4.79 Å². The lowest BCUT2D eigenvalue weighted by Gasteiger charge is -2.32. The Labute approximate surface area is 233 Å². The van der Waals surface area contributed by atoms with E-state index in [-0.39, 0.29) is 18.1 Å². The summed E-state index contributed by atoms with van der Waals surface area (Å²) in [5, 5.41) is 9.73. The van der Waals surface area contributed by atoms with E-state index in [1.54, 1.807) is 29.2 Å². The van der Waals surface area contributed by atoms with Gasteiger partial charge in [0.15, 0.2) is 5.65 Å². The Balaban J connectivity index is 1.50. The lowest BCUT2D eigenvalue weighted by atomic mass is 10.1. The van der Waals surface area contributed by atoms with Gasteiger partial charge in [-0.15, -0.1) is 11.3 Å². The molecule has 1 aliphatic rings. The number of thiophene rings is 1. The molecule has 1 amide bonds. The van der Waals surface area contributed by atoms with Gasteiger partial charge in [-0.3, -0.25) is 9.69 Å². The summed E-state index contributed by atoms with van der Waals surface area (Å²) >= 11 is 1.65. The maximum atomic E-state index is 13.4. The first-order chi connectivity index (χ1) is 19.0. The van der Waals surface area contributed by atoms with E-state index < -0.39 is 0 Å². The van der Waals surface area contributed by atoms with E-state index in [0.717, 1.165) is 61.0 Å². The number of methoxy groups -OCH3 is 1. The van der Waals surface area contributed by atoms with Crippen molar-refractivity contribution in [1.29, 1.82) is 0 Å². The quantitative estimate of drug-likeness (QED) is 0.311. The van der Waals surface area contributed by atoms with Crippen molar-refractivity contribution < 1.29 is 9.53 Å². The zero-order chi connectivity index (χ0) is 27.4. The summed E-state index contributed by atoms with van der Waals surface area (Å²) in [5.41, 5.74) is 3.68. The first-order valence-corrected chi connectivity index (χ1v) is 14.6. The monoisotopic (exact) mass is 547 g/mol. The highest BCUT2D eigenvalue weighted by molar-refractivity contribution is 7.13. The minimum Gasteiger partial charge on any atom is -0.381 e. The number of carbonyl (C=O) groups excluding carboxylic acids is 1. The molecule has 0 unspecified atom stereocenters. The van der Waals surface area contributed by atoms with Gasteiger partial charge in [0, 0.05) is 44.5 Å². The Kier molecular flexibility index (Phi) is 8.54. The van der Waals surface area contributed by atoms with E-state index in [4.69, 9.17) is 14.7 Å². The second-order valence-electron chi connectivity index (χ2n) is 9.92. The van der Waals surface area contributed by atoms with Crippen LogP contribution in [-0.4, -0.2) is 82.4 Å². The average Bonchev–Trinajstić information content (AvgIpc) is 3.66. The van der Waals surface area contributed by atoms with Crippen molar-refractivity contribution in [3.63, 3.8) is 0 Å². The van der Waals surface area contributed by atoms with Crippen LogP contribution in [0, 0.1) is 0 Å². The van der Waals surface area contributed by atoms with Crippen LogP contribution in [0.15, 0.2) is 48.1 Å². The maximum Gasteiger partial charge on any atom is 0.251 e. The summed E-state index contributed by atoms with van der Waals surface area (Å²) in [4.78, 5) is 29.1. The third-order valence-corrected chi connectivity index (χ3v) is 8.48. The van der Waals surface area contributed by atoms with Gasteiger partial charge in [-0.1, -0.05) is 19.9 Å². The van der Waals surface area contributed by atoms with Crippen LogP contribution in [0.3, 0.4) is 0 Å². The molecule has 206 valence electrons. The largest absolute Gasteiger partial charge is 0.381 e. The molecule has 9 nitrogen and oxygen atoms in total. The Morgan fingerprint density at radius 2 is 1.97 bits per heavy atom. The molecule has 0 aromatic carbocycles. The smallest absolute Gasteiger partial charge is 0.251 e. The Bertz CT molecular complexity index is 1390. The summed E-state index contributed by atoms with van der Waals surface area (Å²) < 4.78 is 7.33. The standard InChI is InChI=1S/C29H37N7O2S/c1-5-34(6-2)20(3)18-30-29(37)21-16-25(32-27(17-21)35-12-9-22(38-4)10-13-35)23-19-31-36-14-11-24(33-28(23)36)26-8-7-15-39-26/h7-8,11,14-17,19-20,22H,5-6,9-10,12-13,18H2,1-4H3,(H,30,37)/t20-/m0/s1. The maximum absolute atomic E-state index is 13.4. The molecule has 4 aromatic rings. The number of aromatic nitrogens is 4. The Morgan fingerprint density at radius 3 is 2.67 bits per heavy atom. The van der Waals surface area contributed by atoms with Gasteiger partial charge in [0.25, 0.3) is 5.91 Å². The molecule has 1 atom stereocenters. The predicted molar refractivity (Wildman–Crippen MR) is 156 cm³/mol. The van der Waals surface area contributed by atoms with E-state index in [2.05, 4.69) is 47.1 Å². The van der Waals surface area contributed by atoms with Crippen LogP contribution in [0.2, 0.25) is 0 Å². The van der Waals surface area contributed by atoms with Crippen LogP contribution in [-0.2, 0) is 4.74 Å². The van der Waals surface area contributed by atoms with Crippen LogP contribution in [0.4, 0.5) is 5.82 Å². The Hall–Kier alpha value is -3.34. The number of rotatable bonds is 10. The number of hydrogen-bond acceptors (Lipinski definition) is 8. The van der Waals surface area contributed by atoms with E-state index >= 15 is 0 Å². The van der Waals surface area contributed by atoms with Crippen LogP contribution < -0.4 is 10.2 Å². The van der Waals surface area contributed by atoms with Gasteiger partial charge in [0.2, 0.25) is 0 Å². The van der Waals surface area contributed by atoms with Gasteiger partial charge < -0.3 is 15.0 Å². The molecule has 0 saturated carbocycles. The van der Waals surface area contributed by atoms with E-state index in [1.807, 2.05) is 35.8 Å². The van der Waals surface area contributed by atoms with Crippen molar-refractivity contribution in [3.8, 4) is 21.8 Å². The molecule has 5 heterocycles. The lowest BCUT2D eigenvalue weighted by Crippen LogP contribution is -2.42. The molecule has 39 heavy (non-hydrogen) atoms. The highest BCUT2D eigenvalue weighted by Crippen LogP contribution is 2.30. The molecule has 0 spiro atoms. The molecule has 0 aliphatic carbocycles. The number of anilines is 1. The van der Waals surface area contributed by atoms with Gasteiger partial charge >= 0.3 is 0 Å². The SMILES string of the molecule is CCN(CC)[C@@H](C)CNC(=O)c1cc(-c2cnn3ccc(-c4cccs4)nc23)nc(N2CCC(OC)CC2)c1. The summed E-state index contributed by atoms with van der Waals surface area (Å²) in [6, 6.07) is 10.1. The molecule has 4 aromatic heterocycles. The fourth-order valence-electron chi connectivity index (χ4n) is 5.20. The van der Waals surface area contributed by atoms with Crippen LogP contribution in [0.5, 0.6) is 0 Å². The average molecular weight is 548 g/mol. The van der Waals surface area contributed by atoms with Gasteiger partial charge in [-0.2, -0.15) is 5.10 Å². The molecule has 5 rings (SSSR count). The molecule has 0 bridgehead atoms. The molecule has 10 heteroatoms. The van der Waals surface area contributed by atoms with Gasteiger partial charge in [-0.25, -0.2) is 14.5 Å². The molecule has 1 aliphatic heterocycles. The van der Waals surface area contributed by atoms with Crippen molar-refractivity contribution >= 4 is 28.7 Å².